The molecule has 2 aromatic carbocycles. The van der Waals surface area contributed by atoms with Gasteiger partial charge in [0.1, 0.15) is 24.2 Å². The summed E-state index contributed by atoms with van der Waals surface area (Å²) in [6.07, 6.45) is -1.68. The normalized spacial score (nSPS) is 16.2. The third-order valence-corrected chi connectivity index (χ3v) is 5.22. The number of ether oxygens (including phenoxy) is 3. The Kier molecular flexibility index (Phi) is 6.87. The summed E-state index contributed by atoms with van der Waals surface area (Å²) in [6, 6.07) is 13.9. The number of morpholine rings is 1. The van der Waals surface area contributed by atoms with E-state index in [1.807, 2.05) is 6.07 Å². The molecule has 0 amide bonds. The highest BCUT2D eigenvalue weighted by molar-refractivity contribution is 5.87. The van der Waals surface area contributed by atoms with Crippen LogP contribution in [0.1, 0.15) is 27.6 Å². The van der Waals surface area contributed by atoms with Crippen LogP contribution in [0.5, 0.6) is 11.5 Å². The average molecular weight is 474 g/mol. The van der Waals surface area contributed by atoms with Crippen LogP contribution < -0.4 is 14.4 Å². The number of aromatic nitrogens is 1. The van der Waals surface area contributed by atoms with Crippen LogP contribution in [-0.2, 0) is 11.3 Å². The maximum atomic E-state index is 12.3. The van der Waals surface area contributed by atoms with Crippen molar-refractivity contribution in [1.82, 2.24) is 4.98 Å². The van der Waals surface area contributed by atoms with Crippen molar-refractivity contribution in [2.75, 3.05) is 24.6 Å². The van der Waals surface area contributed by atoms with Crippen molar-refractivity contribution in [3.05, 3.63) is 83.7 Å². The van der Waals surface area contributed by atoms with Crippen LogP contribution in [-0.4, -0.2) is 42.1 Å². The van der Waals surface area contributed by atoms with E-state index < -0.39 is 12.3 Å². The molecule has 10 heteroatoms. The van der Waals surface area contributed by atoms with E-state index in [1.54, 1.807) is 36.7 Å². The first-order valence-electron chi connectivity index (χ1n) is 10.4. The Morgan fingerprint density at radius 2 is 1.82 bits per heavy atom. The zero-order chi connectivity index (χ0) is 24.1. The van der Waals surface area contributed by atoms with E-state index in [0.29, 0.717) is 31.0 Å². The summed E-state index contributed by atoms with van der Waals surface area (Å²) >= 11 is 0. The van der Waals surface area contributed by atoms with Gasteiger partial charge in [0.05, 0.1) is 30.3 Å². The smallest absolute Gasteiger partial charge is 0.487 e. The Balaban J connectivity index is 1.37. The van der Waals surface area contributed by atoms with Crippen LogP contribution in [0.25, 0.3) is 0 Å². The molecule has 1 aliphatic rings. The molecule has 0 radical (unpaired) electrons. The number of aromatic carboxylic acids is 1. The lowest BCUT2D eigenvalue weighted by atomic mass is 10.1. The third kappa shape index (κ3) is 6.16. The summed E-state index contributed by atoms with van der Waals surface area (Å²) in [5.74, 6) is -0.757. The minimum atomic E-state index is -4.73. The molecule has 0 saturated carbocycles. The molecule has 0 aliphatic carbocycles. The van der Waals surface area contributed by atoms with Crippen molar-refractivity contribution in [2.45, 2.75) is 19.1 Å². The van der Waals surface area contributed by atoms with Crippen LogP contribution >= 0.6 is 0 Å². The summed E-state index contributed by atoms with van der Waals surface area (Å²) in [6.45, 7) is 1.84. The maximum Gasteiger partial charge on any atom is 0.573 e. The Hall–Kier alpha value is -3.79. The van der Waals surface area contributed by atoms with Crippen LogP contribution in [0, 0.1) is 0 Å². The standard InChI is InChI=1S/C24H21F3N2O5/c25-24(26,27)34-20-7-1-16(2-8-20)15-33-21-11-19(12-28-13-21)29-9-10-32-22(14-29)17-3-5-18(6-4-17)23(30)31/h1-8,11-13,22H,9-10,14-15H2,(H,30,31). The van der Waals surface area contributed by atoms with Gasteiger partial charge in [-0.2, -0.15) is 0 Å². The molecule has 1 aromatic heterocycles. The summed E-state index contributed by atoms with van der Waals surface area (Å²) < 4.78 is 52.4. The summed E-state index contributed by atoms with van der Waals surface area (Å²) in [7, 11) is 0. The molecule has 34 heavy (non-hydrogen) atoms. The summed E-state index contributed by atoms with van der Waals surface area (Å²) in [5.41, 5.74) is 2.61. The fourth-order valence-electron chi connectivity index (χ4n) is 3.54. The maximum absolute atomic E-state index is 12.3. The number of carbonyl (C=O) groups is 1. The number of pyridine rings is 1. The molecule has 1 N–H and O–H groups in total. The fraction of sp³-hybridized carbons (Fsp3) is 0.250. The molecule has 2 heterocycles. The second-order valence-electron chi connectivity index (χ2n) is 7.59. The van der Waals surface area contributed by atoms with Gasteiger partial charge in [-0.15, -0.1) is 13.2 Å². The van der Waals surface area contributed by atoms with Gasteiger partial charge in [0.2, 0.25) is 0 Å². The number of hydrogen-bond donors (Lipinski definition) is 1. The number of rotatable bonds is 7. The second kappa shape index (κ2) is 10.0. The van der Waals surface area contributed by atoms with Gasteiger partial charge >= 0.3 is 12.3 Å². The van der Waals surface area contributed by atoms with Crippen LogP contribution in [0.3, 0.4) is 0 Å². The third-order valence-electron chi connectivity index (χ3n) is 5.22. The highest BCUT2D eigenvalue weighted by atomic mass is 19.4. The minimum Gasteiger partial charge on any atom is -0.487 e. The number of benzene rings is 2. The van der Waals surface area contributed by atoms with E-state index in [1.165, 1.54) is 24.3 Å². The van der Waals surface area contributed by atoms with E-state index in [9.17, 15) is 18.0 Å². The van der Waals surface area contributed by atoms with Gasteiger partial charge in [-0.25, -0.2) is 4.79 Å². The molecule has 0 spiro atoms. The Bertz CT molecular complexity index is 1120. The number of hydrogen-bond acceptors (Lipinski definition) is 6. The lowest BCUT2D eigenvalue weighted by Crippen LogP contribution is -2.38. The van der Waals surface area contributed by atoms with Crippen LogP contribution in [0.15, 0.2) is 67.0 Å². The average Bonchev–Trinajstić information content (AvgIpc) is 2.83. The zero-order valence-electron chi connectivity index (χ0n) is 17.9. The number of halogens is 3. The first kappa shape index (κ1) is 23.4. The van der Waals surface area contributed by atoms with Crippen molar-refractivity contribution in [3.63, 3.8) is 0 Å². The van der Waals surface area contributed by atoms with Gasteiger partial charge in [0.15, 0.2) is 0 Å². The van der Waals surface area contributed by atoms with E-state index in [0.717, 1.165) is 11.3 Å². The second-order valence-corrected chi connectivity index (χ2v) is 7.59. The molecule has 0 bridgehead atoms. The molecular formula is C24H21F3N2O5. The Morgan fingerprint density at radius 1 is 1.09 bits per heavy atom. The van der Waals surface area contributed by atoms with Gasteiger partial charge in [-0.1, -0.05) is 24.3 Å². The van der Waals surface area contributed by atoms with Gasteiger partial charge in [0.25, 0.3) is 0 Å². The summed E-state index contributed by atoms with van der Waals surface area (Å²) in [5, 5.41) is 9.07. The molecule has 1 saturated heterocycles. The molecule has 1 unspecified atom stereocenters. The van der Waals surface area contributed by atoms with E-state index in [2.05, 4.69) is 14.6 Å². The fourth-order valence-corrected chi connectivity index (χ4v) is 3.54. The Labute approximate surface area is 193 Å². The van der Waals surface area contributed by atoms with E-state index in [4.69, 9.17) is 14.6 Å². The van der Waals surface area contributed by atoms with Crippen LogP contribution in [0.2, 0.25) is 0 Å². The molecule has 1 aliphatic heterocycles. The van der Waals surface area contributed by atoms with Crippen LogP contribution in [0.4, 0.5) is 18.9 Å². The number of nitrogens with zero attached hydrogens (tertiary/aromatic N) is 2. The molecule has 3 aromatic rings. The number of anilines is 1. The highest BCUT2D eigenvalue weighted by Crippen LogP contribution is 2.28. The molecule has 7 nitrogen and oxygen atoms in total. The lowest BCUT2D eigenvalue weighted by molar-refractivity contribution is -0.274. The van der Waals surface area contributed by atoms with E-state index >= 15 is 0 Å². The number of alkyl halides is 3. The predicted molar refractivity (Wildman–Crippen MR) is 116 cm³/mol. The highest BCUT2D eigenvalue weighted by Gasteiger charge is 2.31. The van der Waals surface area contributed by atoms with Crippen molar-refractivity contribution in [3.8, 4) is 11.5 Å². The topological polar surface area (TPSA) is 81.1 Å². The molecule has 1 fully saturated rings. The molecule has 4 rings (SSSR count). The Morgan fingerprint density at radius 3 is 2.50 bits per heavy atom. The largest absolute Gasteiger partial charge is 0.573 e. The van der Waals surface area contributed by atoms with Gasteiger partial charge in [-0.05, 0) is 35.4 Å². The number of carboxylic acids is 1. The van der Waals surface area contributed by atoms with Gasteiger partial charge in [-0.3, -0.25) is 4.98 Å². The summed E-state index contributed by atoms with van der Waals surface area (Å²) in [4.78, 5) is 17.4. The molecular weight excluding hydrogens is 453 g/mol. The first-order valence-corrected chi connectivity index (χ1v) is 10.4. The van der Waals surface area contributed by atoms with Crippen molar-refractivity contribution >= 4 is 11.7 Å². The predicted octanol–water partition coefficient (Wildman–Crippen LogP) is 4.84. The SMILES string of the molecule is O=C(O)c1ccc(C2CN(c3cncc(OCc4ccc(OC(F)(F)F)cc4)c3)CCO2)cc1. The molecule has 1 atom stereocenters. The van der Waals surface area contributed by atoms with Gasteiger partial charge in [0, 0.05) is 19.2 Å². The first-order chi connectivity index (χ1) is 16.3. The lowest BCUT2D eigenvalue weighted by Gasteiger charge is -2.34. The minimum absolute atomic E-state index is 0.152. The van der Waals surface area contributed by atoms with Crippen molar-refractivity contribution in [2.24, 2.45) is 0 Å². The number of carboxylic acid groups (broad SMARTS) is 1. The monoisotopic (exact) mass is 474 g/mol. The van der Waals surface area contributed by atoms with Gasteiger partial charge < -0.3 is 24.2 Å². The molecule has 178 valence electrons. The van der Waals surface area contributed by atoms with Crippen molar-refractivity contribution < 1.29 is 37.3 Å². The van der Waals surface area contributed by atoms with E-state index in [-0.39, 0.29) is 24.0 Å². The quantitative estimate of drug-likeness (QED) is 0.525. The zero-order valence-corrected chi connectivity index (χ0v) is 17.9. The van der Waals surface area contributed by atoms with Crippen molar-refractivity contribution in [1.29, 1.82) is 0 Å².